The van der Waals surface area contributed by atoms with E-state index in [1.165, 1.54) is 11.1 Å². The Kier molecular flexibility index (Phi) is 4.61. The maximum Gasteiger partial charge on any atom is 0.576 e. The van der Waals surface area contributed by atoms with Gasteiger partial charge in [-0.25, -0.2) is 0 Å². The van der Waals surface area contributed by atoms with E-state index in [0.717, 1.165) is 33.8 Å². The summed E-state index contributed by atoms with van der Waals surface area (Å²) in [5.74, 6) is 1.84. The zero-order valence-electron chi connectivity index (χ0n) is 13.8. The van der Waals surface area contributed by atoms with Crippen LogP contribution in [-0.2, 0) is 0 Å². The van der Waals surface area contributed by atoms with Crippen LogP contribution in [0.4, 0.5) is 0 Å². The predicted molar refractivity (Wildman–Crippen MR) is 89.7 cm³/mol. The van der Waals surface area contributed by atoms with E-state index in [9.17, 15) is 0 Å². The average Bonchev–Trinajstić information content (AvgIpc) is 2.34. The lowest BCUT2D eigenvalue weighted by Gasteiger charge is -2.16. The Morgan fingerprint density at radius 3 is 1.14 bits per heavy atom. The molecule has 0 N–H and O–H groups in total. The van der Waals surface area contributed by atoms with E-state index in [0.29, 0.717) is 0 Å². The monoisotopic (exact) mass is 282 g/mol. The fraction of sp³-hybridized carbons (Fsp3) is 0.333. The zero-order chi connectivity index (χ0) is 15.6. The summed E-state index contributed by atoms with van der Waals surface area (Å²) in [4.78, 5) is 0. The van der Waals surface area contributed by atoms with Crippen LogP contribution in [-0.4, -0.2) is 7.69 Å². The molecule has 21 heavy (non-hydrogen) atoms. The Hall–Kier alpha value is -1.90. The number of hydrogen-bond donors (Lipinski definition) is 0. The highest BCUT2D eigenvalue weighted by molar-refractivity contribution is 6.21. The molecule has 0 aromatic heterocycles. The number of rotatable bonds is 4. The van der Waals surface area contributed by atoms with Crippen LogP contribution in [0.1, 0.15) is 33.4 Å². The second-order valence-electron chi connectivity index (χ2n) is 5.86. The fourth-order valence-electron chi connectivity index (χ4n) is 2.94. The average molecular weight is 282 g/mol. The third kappa shape index (κ3) is 3.60. The van der Waals surface area contributed by atoms with Crippen LogP contribution in [0.3, 0.4) is 0 Å². The van der Waals surface area contributed by atoms with Gasteiger partial charge in [-0.1, -0.05) is 35.4 Å². The standard InChI is InChI=1S/C18H23BO2/c1-11-7-13(3)17(14(4)8-11)20-19-21-18-15(5)9-12(2)10-16(18)6/h7-10,19H,1-6H3. The van der Waals surface area contributed by atoms with Gasteiger partial charge in [-0.15, -0.1) is 0 Å². The Bertz CT molecular complexity index is 559. The Morgan fingerprint density at radius 2 is 0.857 bits per heavy atom. The Balaban J connectivity index is 2.09. The molecular formula is C18H23BO2. The van der Waals surface area contributed by atoms with Crippen molar-refractivity contribution in [2.75, 3.05) is 0 Å². The molecule has 0 saturated heterocycles. The van der Waals surface area contributed by atoms with Gasteiger partial charge in [0, 0.05) is 0 Å². The zero-order valence-corrected chi connectivity index (χ0v) is 13.8. The second kappa shape index (κ2) is 6.25. The van der Waals surface area contributed by atoms with Crippen molar-refractivity contribution in [3.8, 4) is 11.5 Å². The van der Waals surface area contributed by atoms with Crippen LogP contribution < -0.4 is 9.31 Å². The van der Waals surface area contributed by atoms with Crippen molar-refractivity contribution in [1.82, 2.24) is 0 Å². The highest BCUT2D eigenvalue weighted by Gasteiger charge is 2.10. The van der Waals surface area contributed by atoms with Crippen LogP contribution in [0.25, 0.3) is 0 Å². The lowest BCUT2D eigenvalue weighted by atomic mass is 10.1. The Labute approximate surface area is 128 Å². The smallest absolute Gasteiger partial charge is 0.528 e. The van der Waals surface area contributed by atoms with Gasteiger partial charge in [-0.2, -0.15) is 0 Å². The van der Waals surface area contributed by atoms with Gasteiger partial charge in [0.15, 0.2) is 0 Å². The van der Waals surface area contributed by atoms with Crippen molar-refractivity contribution in [2.45, 2.75) is 41.5 Å². The summed E-state index contributed by atoms with van der Waals surface area (Å²) in [6.07, 6.45) is 0. The second-order valence-corrected chi connectivity index (χ2v) is 5.86. The minimum Gasteiger partial charge on any atom is -0.528 e. The van der Waals surface area contributed by atoms with Crippen LogP contribution in [0, 0.1) is 41.5 Å². The first-order valence-corrected chi connectivity index (χ1v) is 7.29. The normalized spacial score (nSPS) is 10.4. The summed E-state index contributed by atoms with van der Waals surface area (Å²) in [7, 11) is 0.232. The summed E-state index contributed by atoms with van der Waals surface area (Å²) in [5, 5.41) is 0. The topological polar surface area (TPSA) is 18.5 Å². The maximum atomic E-state index is 5.84. The molecule has 110 valence electrons. The van der Waals surface area contributed by atoms with Crippen molar-refractivity contribution < 1.29 is 9.31 Å². The molecular weight excluding hydrogens is 259 g/mol. The van der Waals surface area contributed by atoms with Crippen LogP contribution in [0.15, 0.2) is 24.3 Å². The highest BCUT2D eigenvalue weighted by Crippen LogP contribution is 2.26. The van der Waals surface area contributed by atoms with E-state index >= 15 is 0 Å². The molecule has 0 aliphatic rings. The molecule has 2 nitrogen and oxygen atoms in total. The third-order valence-corrected chi connectivity index (χ3v) is 3.62. The molecule has 0 radical (unpaired) electrons. The molecule has 0 amide bonds. The van der Waals surface area contributed by atoms with E-state index in [4.69, 9.17) is 9.31 Å². The molecule has 2 rings (SSSR count). The van der Waals surface area contributed by atoms with Crippen LogP contribution >= 0.6 is 0 Å². The molecule has 0 aliphatic heterocycles. The highest BCUT2D eigenvalue weighted by atomic mass is 16.6. The van der Waals surface area contributed by atoms with Crippen LogP contribution in [0.2, 0.25) is 0 Å². The molecule has 2 aromatic carbocycles. The largest absolute Gasteiger partial charge is 0.576 e. The van der Waals surface area contributed by atoms with Crippen molar-refractivity contribution in [2.24, 2.45) is 0 Å². The lowest BCUT2D eigenvalue weighted by Crippen LogP contribution is -2.14. The van der Waals surface area contributed by atoms with Crippen molar-refractivity contribution in [1.29, 1.82) is 0 Å². The molecule has 0 aliphatic carbocycles. The van der Waals surface area contributed by atoms with Crippen molar-refractivity contribution in [3.63, 3.8) is 0 Å². The molecule has 2 aromatic rings. The van der Waals surface area contributed by atoms with Gasteiger partial charge in [-0.3, -0.25) is 0 Å². The first kappa shape index (κ1) is 15.5. The first-order chi connectivity index (χ1) is 9.88. The van der Waals surface area contributed by atoms with Gasteiger partial charge < -0.3 is 9.31 Å². The summed E-state index contributed by atoms with van der Waals surface area (Å²) < 4.78 is 11.7. The molecule has 0 atom stereocenters. The molecule has 0 fully saturated rings. The van der Waals surface area contributed by atoms with E-state index in [1.807, 2.05) is 0 Å². The van der Waals surface area contributed by atoms with E-state index in [2.05, 4.69) is 65.8 Å². The number of benzene rings is 2. The molecule has 0 unspecified atom stereocenters. The fourth-order valence-corrected chi connectivity index (χ4v) is 2.94. The quantitative estimate of drug-likeness (QED) is 0.780. The number of hydrogen-bond acceptors (Lipinski definition) is 2. The predicted octanol–water partition coefficient (Wildman–Crippen LogP) is 4.26. The molecule has 0 saturated carbocycles. The minimum atomic E-state index is 0.232. The van der Waals surface area contributed by atoms with E-state index in [1.54, 1.807) is 0 Å². The molecule has 0 bridgehead atoms. The van der Waals surface area contributed by atoms with Gasteiger partial charge in [0.2, 0.25) is 0 Å². The third-order valence-electron chi connectivity index (χ3n) is 3.62. The minimum absolute atomic E-state index is 0.232. The van der Waals surface area contributed by atoms with E-state index < -0.39 is 0 Å². The first-order valence-electron chi connectivity index (χ1n) is 7.29. The summed E-state index contributed by atoms with van der Waals surface area (Å²) >= 11 is 0. The number of aryl methyl sites for hydroxylation is 6. The molecule has 0 spiro atoms. The van der Waals surface area contributed by atoms with Crippen molar-refractivity contribution >= 4 is 7.69 Å². The van der Waals surface area contributed by atoms with Gasteiger partial charge in [0.1, 0.15) is 11.5 Å². The van der Waals surface area contributed by atoms with Gasteiger partial charge >= 0.3 is 7.69 Å². The lowest BCUT2D eigenvalue weighted by molar-refractivity contribution is 0.451. The Morgan fingerprint density at radius 1 is 0.571 bits per heavy atom. The maximum absolute atomic E-state index is 5.84. The van der Waals surface area contributed by atoms with E-state index in [-0.39, 0.29) is 7.69 Å². The van der Waals surface area contributed by atoms with Gasteiger partial charge in [0.05, 0.1) is 0 Å². The van der Waals surface area contributed by atoms with Crippen LogP contribution in [0.5, 0.6) is 11.5 Å². The summed E-state index contributed by atoms with van der Waals surface area (Å²) in [6, 6.07) is 8.52. The van der Waals surface area contributed by atoms with Crippen molar-refractivity contribution in [3.05, 3.63) is 57.6 Å². The summed E-state index contributed by atoms with van der Waals surface area (Å²) in [6.45, 7) is 12.5. The molecule has 0 heterocycles. The molecule has 3 heteroatoms. The van der Waals surface area contributed by atoms with Gasteiger partial charge in [-0.05, 0) is 63.8 Å². The van der Waals surface area contributed by atoms with Gasteiger partial charge in [0.25, 0.3) is 0 Å². The SMILES string of the molecule is Cc1cc(C)c(OBOc2c(C)cc(C)cc2C)c(C)c1. The summed E-state index contributed by atoms with van der Waals surface area (Å²) in [5.41, 5.74) is 7.09.